The van der Waals surface area contributed by atoms with Gasteiger partial charge in [-0.25, -0.2) is 0 Å². The molecule has 0 spiro atoms. The highest BCUT2D eigenvalue weighted by Gasteiger charge is 2.38. The summed E-state index contributed by atoms with van der Waals surface area (Å²) in [5, 5.41) is 0. The Morgan fingerprint density at radius 2 is 1.79 bits per heavy atom. The second-order valence-corrected chi connectivity index (χ2v) is 7.08. The van der Waals surface area contributed by atoms with Crippen molar-refractivity contribution in [1.82, 2.24) is 9.80 Å². The van der Waals surface area contributed by atoms with E-state index in [9.17, 15) is 0 Å². The molecule has 0 aromatic heterocycles. The van der Waals surface area contributed by atoms with Crippen molar-refractivity contribution in [2.24, 2.45) is 17.6 Å². The third-order valence-electron chi connectivity index (χ3n) is 6.02. The monoisotopic (exact) mass is 265 g/mol. The highest BCUT2D eigenvalue weighted by atomic mass is 15.2. The first kappa shape index (κ1) is 13.8. The first-order valence-corrected chi connectivity index (χ1v) is 8.44. The zero-order chi connectivity index (χ0) is 13.2. The van der Waals surface area contributed by atoms with Gasteiger partial charge in [-0.05, 0) is 70.6 Å². The molecule has 19 heavy (non-hydrogen) atoms. The number of nitrogens with two attached hydrogens (primary N) is 1. The van der Waals surface area contributed by atoms with Gasteiger partial charge in [0.15, 0.2) is 0 Å². The van der Waals surface area contributed by atoms with Gasteiger partial charge in [-0.3, -0.25) is 4.90 Å². The van der Waals surface area contributed by atoms with E-state index >= 15 is 0 Å². The van der Waals surface area contributed by atoms with Gasteiger partial charge in [0.1, 0.15) is 0 Å². The molecule has 4 atom stereocenters. The molecular weight excluding hydrogens is 234 g/mol. The van der Waals surface area contributed by atoms with Gasteiger partial charge < -0.3 is 10.6 Å². The highest BCUT2D eigenvalue weighted by molar-refractivity contribution is 4.93. The van der Waals surface area contributed by atoms with E-state index < -0.39 is 0 Å². The number of nitrogens with zero attached hydrogens (tertiary/aromatic N) is 2. The van der Waals surface area contributed by atoms with Gasteiger partial charge in [0.05, 0.1) is 0 Å². The lowest BCUT2D eigenvalue weighted by Crippen LogP contribution is -2.57. The fourth-order valence-electron chi connectivity index (χ4n) is 4.93. The largest absolute Gasteiger partial charge is 0.330 e. The van der Waals surface area contributed by atoms with E-state index in [0.717, 1.165) is 30.5 Å². The Labute approximate surface area is 118 Å². The maximum atomic E-state index is 6.02. The lowest BCUT2D eigenvalue weighted by atomic mass is 9.79. The van der Waals surface area contributed by atoms with Crippen LogP contribution in [0.2, 0.25) is 0 Å². The highest BCUT2D eigenvalue weighted by Crippen LogP contribution is 2.34. The molecule has 1 aliphatic carbocycles. The van der Waals surface area contributed by atoms with Crippen molar-refractivity contribution in [2.75, 3.05) is 33.2 Å². The summed E-state index contributed by atoms with van der Waals surface area (Å²) >= 11 is 0. The normalized spacial score (nSPS) is 42.0. The number of piperidine rings is 2. The predicted molar refractivity (Wildman–Crippen MR) is 80.1 cm³/mol. The molecular formula is C16H31N3. The van der Waals surface area contributed by atoms with Crippen LogP contribution in [0, 0.1) is 11.8 Å². The van der Waals surface area contributed by atoms with Crippen LogP contribution in [0.4, 0.5) is 0 Å². The van der Waals surface area contributed by atoms with Gasteiger partial charge in [-0.2, -0.15) is 0 Å². The molecule has 2 saturated heterocycles. The standard InChI is InChI=1S/C16H31N3/c1-18-9-4-6-14-12-19(10-8-15(14)18)16-7-3-2-5-13(16)11-17/h13-16H,2-12,17H2,1H3. The molecule has 3 nitrogen and oxygen atoms in total. The molecule has 0 amide bonds. The fraction of sp³-hybridized carbons (Fsp3) is 1.00. The Bertz CT molecular complexity index is 294. The molecule has 3 aliphatic rings. The van der Waals surface area contributed by atoms with Gasteiger partial charge in [0.25, 0.3) is 0 Å². The zero-order valence-corrected chi connectivity index (χ0v) is 12.6. The van der Waals surface area contributed by atoms with Crippen molar-refractivity contribution < 1.29 is 0 Å². The van der Waals surface area contributed by atoms with Crippen molar-refractivity contribution >= 4 is 0 Å². The first-order chi connectivity index (χ1) is 9.29. The van der Waals surface area contributed by atoms with E-state index in [2.05, 4.69) is 16.8 Å². The summed E-state index contributed by atoms with van der Waals surface area (Å²) in [6.07, 6.45) is 9.82. The molecule has 0 aromatic carbocycles. The molecule has 1 saturated carbocycles. The van der Waals surface area contributed by atoms with Gasteiger partial charge in [-0.15, -0.1) is 0 Å². The maximum Gasteiger partial charge on any atom is 0.0145 e. The fourth-order valence-corrected chi connectivity index (χ4v) is 4.93. The first-order valence-electron chi connectivity index (χ1n) is 8.44. The van der Waals surface area contributed by atoms with Crippen LogP contribution in [0.15, 0.2) is 0 Å². The number of rotatable bonds is 2. The van der Waals surface area contributed by atoms with Crippen LogP contribution < -0.4 is 5.73 Å². The van der Waals surface area contributed by atoms with E-state index in [0.29, 0.717) is 0 Å². The van der Waals surface area contributed by atoms with Crippen molar-refractivity contribution in [3.8, 4) is 0 Å². The number of likely N-dealkylation sites (tertiary alicyclic amines) is 2. The molecule has 2 heterocycles. The van der Waals surface area contributed by atoms with Gasteiger partial charge in [0, 0.05) is 18.6 Å². The van der Waals surface area contributed by atoms with E-state index in [4.69, 9.17) is 5.73 Å². The van der Waals surface area contributed by atoms with Crippen molar-refractivity contribution in [2.45, 2.75) is 57.0 Å². The van der Waals surface area contributed by atoms with Crippen LogP contribution in [0.3, 0.4) is 0 Å². The summed E-state index contributed by atoms with van der Waals surface area (Å²) in [4.78, 5) is 5.43. The van der Waals surface area contributed by atoms with Gasteiger partial charge >= 0.3 is 0 Å². The minimum atomic E-state index is 0.770. The second-order valence-electron chi connectivity index (χ2n) is 7.08. The Hall–Kier alpha value is -0.120. The maximum absolute atomic E-state index is 6.02. The van der Waals surface area contributed by atoms with Crippen LogP contribution in [0.5, 0.6) is 0 Å². The minimum Gasteiger partial charge on any atom is -0.330 e. The molecule has 4 unspecified atom stereocenters. The second kappa shape index (κ2) is 6.11. The van der Waals surface area contributed by atoms with E-state index in [1.807, 2.05) is 0 Å². The number of fused-ring (bicyclic) bond motifs is 1. The average molecular weight is 265 g/mol. The van der Waals surface area contributed by atoms with Crippen LogP contribution in [0.25, 0.3) is 0 Å². The van der Waals surface area contributed by atoms with Crippen LogP contribution in [0.1, 0.15) is 44.9 Å². The average Bonchev–Trinajstić information content (AvgIpc) is 2.47. The third-order valence-corrected chi connectivity index (χ3v) is 6.02. The number of hydrogen-bond donors (Lipinski definition) is 1. The van der Waals surface area contributed by atoms with Crippen molar-refractivity contribution in [1.29, 1.82) is 0 Å². The molecule has 0 aromatic rings. The van der Waals surface area contributed by atoms with Gasteiger partial charge in [0.2, 0.25) is 0 Å². The Morgan fingerprint density at radius 1 is 0.947 bits per heavy atom. The topological polar surface area (TPSA) is 32.5 Å². The van der Waals surface area contributed by atoms with Crippen LogP contribution in [-0.2, 0) is 0 Å². The minimum absolute atomic E-state index is 0.770. The molecule has 0 radical (unpaired) electrons. The Morgan fingerprint density at radius 3 is 2.63 bits per heavy atom. The molecule has 2 aliphatic heterocycles. The van der Waals surface area contributed by atoms with E-state index in [1.54, 1.807) is 0 Å². The zero-order valence-electron chi connectivity index (χ0n) is 12.6. The molecule has 2 N–H and O–H groups in total. The lowest BCUT2D eigenvalue weighted by molar-refractivity contribution is -0.00131. The van der Waals surface area contributed by atoms with E-state index in [1.165, 1.54) is 64.6 Å². The molecule has 110 valence electrons. The predicted octanol–water partition coefficient (Wildman–Crippen LogP) is 1.92. The molecule has 3 rings (SSSR count). The van der Waals surface area contributed by atoms with Crippen LogP contribution in [-0.4, -0.2) is 55.1 Å². The van der Waals surface area contributed by atoms with Crippen molar-refractivity contribution in [3.63, 3.8) is 0 Å². The molecule has 0 bridgehead atoms. The van der Waals surface area contributed by atoms with Crippen molar-refractivity contribution in [3.05, 3.63) is 0 Å². The Kier molecular flexibility index (Phi) is 4.45. The SMILES string of the molecule is CN1CCCC2CN(C3CCCCC3CN)CCC21. The van der Waals surface area contributed by atoms with E-state index in [-0.39, 0.29) is 0 Å². The summed E-state index contributed by atoms with van der Waals surface area (Å²) in [5.74, 6) is 1.69. The lowest BCUT2D eigenvalue weighted by Gasteiger charge is -2.50. The molecule has 3 fully saturated rings. The van der Waals surface area contributed by atoms with Gasteiger partial charge in [-0.1, -0.05) is 12.8 Å². The Balaban J connectivity index is 1.63. The smallest absolute Gasteiger partial charge is 0.0145 e. The number of hydrogen-bond acceptors (Lipinski definition) is 3. The summed E-state index contributed by atoms with van der Waals surface area (Å²) in [6, 6.07) is 1.66. The molecule has 3 heteroatoms. The summed E-state index contributed by atoms with van der Waals surface area (Å²) in [7, 11) is 2.33. The summed E-state index contributed by atoms with van der Waals surface area (Å²) < 4.78 is 0. The quantitative estimate of drug-likeness (QED) is 0.828. The summed E-state index contributed by atoms with van der Waals surface area (Å²) in [6.45, 7) is 4.87. The third kappa shape index (κ3) is 2.84. The summed E-state index contributed by atoms with van der Waals surface area (Å²) in [5.41, 5.74) is 6.02. The van der Waals surface area contributed by atoms with Crippen LogP contribution >= 0.6 is 0 Å².